The molecule has 160 valence electrons. The molecule has 30 heavy (non-hydrogen) atoms. The van der Waals surface area contributed by atoms with Crippen LogP contribution in [0.5, 0.6) is 0 Å². The van der Waals surface area contributed by atoms with E-state index in [1.165, 1.54) is 11.3 Å². The van der Waals surface area contributed by atoms with Crippen molar-refractivity contribution in [2.45, 2.75) is 32.2 Å². The molecule has 0 radical (unpaired) electrons. The number of thiazole rings is 1. The van der Waals surface area contributed by atoms with Crippen LogP contribution in [-0.4, -0.2) is 76.0 Å². The summed E-state index contributed by atoms with van der Waals surface area (Å²) in [5.41, 5.74) is 1.21. The van der Waals surface area contributed by atoms with Crippen LogP contribution >= 0.6 is 11.3 Å². The van der Waals surface area contributed by atoms with Gasteiger partial charge in [-0.25, -0.2) is 15.0 Å². The molecule has 9 nitrogen and oxygen atoms in total. The number of nitrogens with zero attached hydrogens (tertiary/aromatic N) is 5. The molecule has 2 aromatic heterocycles. The third kappa shape index (κ3) is 4.82. The second-order valence-electron chi connectivity index (χ2n) is 7.50. The molecule has 0 aromatic carbocycles. The van der Waals surface area contributed by atoms with Gasteiger partial charge in [0.25, 0.3) is 5.91 Å². The van der Waals surface area contributed by atoms with Crippen LogP contribution in [0.1, 0.15) is 47.2 Å². The number of piperidine rings is 1. The van der Waals surface area contributed by atoms with Gasteiger partial charge in [0, 0.05) is 30.9 Å². The van der Waals surface area contributed by atoms with Gasteiger partial charge in [0.05, 0.1) is 37.1 Å². The number of rotatable bonds is 5. The fraction of sp³-hybridized carbons (Fsp3) is 0.550. The lowest BCUT2D eigenvalue weighted by Crippen LogP contribution is -2.41. The quantitative estimate of drug-likeness (QED) is 0.773. The maximum atomic E-state index is 12.8. The van der Waals surface area contributed by atoms with E-state index in [1.54, 1.807) is 17.3 Å². The molecular weight excluding hydrogens is 404 g/mol. The second-order valence-corrected chi connectivity index (χ2v) is 8.39. The predicted octanol–water partition coefficient (Wildman–Crippen LogP) is 1.88. The van der Waals surface area contributed by atoms with Crippen LogP contribution in [-0.2, 0) is 9.53 Å². The summed E-state index contributed by atoms with van der Waals surface area (Å²) in [7, 11) is 0. The van der Waals surface area contributed by atoms with E-state index in [9.17, 15) is 9.59 Å². The monoisotopic (exact) mass is 430 g/mol. The van der Waals surface area contributed by atoms with Crippen molar-refractivity contribution in [2.24, 2.45) is 0 Å². The standard InChI is InChI=1S/C20H26N6O3S/c1-14-15(19(28)25-7-9-29-10-8-25)12-22-18(23-14)16-4-2-3-6-26(16)13-17(27)24-20-21-5-11-30-20/h5,11-12,16H,2-4,6-10,13H2,1H3,(H,21,24,27). The Morgan fingerprint density at radius 3 is 2.80 bits per heavy atom. The van der Waals surface area contributed by atoms with E-state index < -0.39 is 0 Å². The zero-order valence-electron chi connectivity index (χ0n) is 17.0. The van der Waals surface area contributed by atoms with Crippen LogP contribution in [0.2, 0.25) is 0 Å². The Bertz CT molecular complexity index is 885. The number of aromatic nitrogens is 3. The average molecular weight is 431 g/mol. The summed E-state index contributed by atoms with van der Waals surface area (Å²) < 4.78 is 5.32. The van der Waals surface area contributed by atoms with E-state index in [1.807, 2.05) is 12.3 Å². The second kappa shape index (κ2) is 9.59. The minimum atomic E-state index is -0.0901. The Kier molecular flexibility index (Phi) is 6.66. The Hall–Kier alpha value is -2.43. The zero-order valence-corrected chi connectivity index (χ0v) is 17.9. The molecule has 0 saturated carbocycles. The molecule has 2 saturated heterocycles. The van der Waals surface area contributed by atoms with Crippen LogP contribution in [0.15, 0.2) is 17.8 Å². The first-order valence-corrected chi connectivity index (χ1v) is 11.1. The summed E-state index contributed by atoms with van der Waals surface area (Å²) in [5, 5.41) is 5.27. The first-order chi connectivity index (χ1) is 14.6. The van der Waals surface area contributed by atoms with Crippen LogP contribution < -0.4 is 5.32 Å². The number of anilines is 1. The molecule has 2 fully saturated rings. The molecule has 10 heteroatoms. The number of hydrogen-bond donors (Lipinski definition) is 1. The first-order valence-electron chi connectivity index (χ1n) is 10.3. The normalized spacial score (nSPS) is 20.2. The maximum Gasteiger partial charge on any atom is 0.257 e. The highest BCUT2D eigenvalue weighted by Crippen LogP contribution is 2.29. The summed E-state index contributed by atoms with van der Waals surface area (Å²) in [6.07, 6.45) is 6.29. The number of amides is 2. The molecule has 1 N–H and O–H groups in total. The van der Waals surface area contributed by atoms with Crippen molar-refractivity contribution in [2.75, 3.05) is 44.7 Å². The molecular formula is C20H26N6O3S. The summed E-state index contributed by atoms with van der Waals surface area (Å²) in [5.74, 6) is 0.533. The van der Waals surface area contributed by atoms with Gasteiger partial charge in [-0.2, -0.15) is 0 Å². The lowest BCUT2D eigenvalue weighted by Gasteiger charge is -2.34. The van der Waals surface area contributed by atoms with Crippen molar-refractivity contribution in [3.8, 4) is 0 Å². The van der Waals surface area contributed by atoms with Gasteiger partial charge in [-0.15, -0.1) is 11.3 Å². The number of carbonyl (C=O) groups excluding carboxylic acids is 2. The lowest BCUT2D eigenvalue weighted by molar-refractivity contribution is -0.118. The van der Waals surface area contributed by atoms with E-state index in [4.69, 9.17) is 4.74 Å². The maximum absolute atomic E-state index is 12.8. The molecule has 1 unspecified atom stereocenters. The minimum Gasteiger partial charge on any atom is -0.378 e. The van der Waals surface area contributed by atoms with Crippen LogP contribution in [0.3, 0.4) is 0 Å². The molecule has 2 amide bonds. The molecule has 0 aliphatic carbocycles. The Balaban J connectivity index is 1.46. The topological polar surface area (TPSA) is 101 Å². The predicted molar refractivity (Wildman–Crippen MR) is 112 cm³/mol. The SMILES string of the molecule is Cc1nc(C2CCCCN2CC(=O)Nc2nccs2)ncc1C(=O)N1CCOCC1. The van der Waals surface area contributed by atoms with Crippen molar-refractivity contribution in [3.63, 3.8) is 0 Å². The average Bonchev–Trinajstić information content (AvgIpc) is 3.27. The summed E-state index contributed by atoms with van der Waals surface area (Å²) in [4.78, 5) is 42.5. The van der Waals surface area contributed by atoms with E-state index in [2.05, 4.69) is 25.2 Å². The summed E-state index contributed by atoms with van der Waals surface area (Å²) >= 11 is 1.40. The lowest BCUT2D eigenvalue weighted by atomic mass is 10.0. The van der Waals surface area contributed by atoms with Crippen molar-refractivity contribution in [1.82, 2.24) is 24.8 Å². The van der Waals surface area contributed by atoms with Gasteiger partial charge in [-0.1, -0.05) is 6.42 Å². The number of carbonyl (C=O) groups is 2. The summed E-state index contributed by atoms with van der Waals surface area (Å²) in [6, 6.07) is -0.0352. The number of nitrogens with one attached hydrogen (secondary N) is 1. The molecule has 1 atom stereocenters. The molecule has 2 aromatic rings. The highest BCUT2D eigenvalue weighted by atomic mass is 32.1. The third-order valence-electron chi connectivity index (χ3n) is 5.46. The minimum absolute atomic E-state index is 0.0352. The molecule has 2 aliphatic heterocycles. The van der Waals surface area contributed by atoms with E-state index >= 15 is 0 Å². The molecule has 0 bridgehead atoms. The van der Waals surface area contributed by atoms with Crippen molar-refractivity contribution in [1.29, 1.82) is 0 Å². The van der Waals surface area contributed by atoms with E-state index in [0.29, 0.717) is 48.5 Å². The van der Waals surface area contributed by atoms with Gasteiger partial charge < -0.3 is 15.0 Å². The van der Waals surface area contributed by atoms with Crippen LogP contribution in [0.4, 0.5) is 5.13 Å². The Morgan fingerprint density at radius 2 is 2.07 bits per heavy atom. The number of hydrogen-bond acceptors (Lipinski definition) is 8. The van der Waals surface area contributed by atoms with Gasteiger partial charge in [-0.3, -0.25) is 14.5 Å². The first kappa shape index (κ1) is 20.8. The van der Waals surface area contributed by atoms with Crippen LogP contribution in [0.25, 0.3) is 0 Å². The smallest absolute Gasteiger partial charge is 0.257 e. The number of likely N-dealkylation sites (tertiary alicyclic amines) is 1. The molecule has 4 heterocycles. The highest BCUT2D eigenvalue weighted by Gasteiger charge is 2.29. The summed E-state index contributed by atoms with van der Waals surface area (Å²) in [6.45, 7) is 5.22. The van der Waals surface area contributed by atoms with Gasteiger partial charge in [0.2, 0.25) is 5.91 Å². The molecule has 2 aliphatic rings. The van der Waals surface area contributed by atoms with E-state index in [-0.39, 0.29) is 24.4 Å². The van der Waals surface area contributed by atoms with Crippen molar-refractivity contribution < 1.29 is 14.3 Å². The number of aryl methyl sites for hydroxylation is 1. The van der Waals surface area contributed by atoms with Crippen molar-refractivity contribution in [3.05, 3.63) is 34.9 Å². The van der Waals surface area contributed by atoms with Crippen LogP contribution in [0, 0.1) is 6.92 Å². The fourth-order valence-corrected chi connectivity index (χ4v) is 4.44. The van der Waals surface area contributed by atoms with Gasteiger partial charge in [0.15, 0.2) is 5.13 Å². The van der Waals surface area contributed by atoms with Gasteiger partial charge >= 0.3 is 0 Å². The highest BCUT2D eigenvalue weighted by molar-refractivity contribution is 7.13. The molecule has 4 rings (SSSR count). The van der Waals surface area contributed by atoms with Gasteiger partial charge in [-0.05, 0) is 26.3 Å². The Labute approximate surface area is 179 Å². The zero-order chi connectivity index (χ0) is 20.9. The number of ether oxygens (including phenoxy) is 1. The third-order valence-corrected chi connectivity index (χ3v) is 6.15. The number of morpholine rings is 1. The van der Waals surface area contributed by atoms with E-state index in [0.717, 1.165) is 25.8 Å². The molecule has 0 spiro atoms. The Morgan fingerprint density at radius 1 is 1.23 bits per heavy atom. The van der Waals surface area contributed by atoms with Crippen molar-refractivity contribution >= 4 is 28.3 Å². The largest absolute Gasteiger partial charge is 0.378 e. The van der Waals surface area contributed by atoms with Gasteiger partial charge in [0.1, 0.15) is 5.82 Å². The fourth-order valence-electron chi connectivity index (χ4n) is 3.89.